The van der Waals surface area contributed by atoms with Crippen molar-refractivity contribution in [3.63, 3.8) is 0 Å². The number of ether oxygens (including phenoxy) is 1. The first-order valence-electron chi connectivity index (χ1n) is 5.26. The smallest absolute Gasteiger partial charge is 0.127 e. The number of aliphatic hydroxyl groups excluding tert-OH is 1. The van der Waals surface area contributed by atoms with E-state index in [1.807, 2.05) is 54.6 Å². The fourth-order valence-electron chi connectivity index (χ4n) is 1.46. The number of hydrogen-bond donors (Lipinski definition) is 1. The van der Waals surface area contributed by atoms with Crippen LogP contribution in [0.15, 0.2) is 54.6 Å². The normalized spacial score (nSPS) is 11.4. The summed E-state index contributed by atoms with van der Waals surface area (Å²) < 4.78 is 5.66. The molecule has 0 saturated heterocycles. The van der Waals surface area contributed by atoms with Crippen molar-refractivity contribution in [2.24, 2.45) is 0 Å². The maximum atomic E-state index is 9.46. The van der Waals surface area contributed by atoms with Gasteiger partial charge in [0.25, 0.3) is 0 Å². The van der Waals surface area contributed by atoms with Gasteiger partial charge in [0.2, 0.25) is 0 Å². The number of hydrogen-bond acceptors (Lipinski definition) is 2. The summed E-state index contributed by atoms with van der Waals surface area (Å²) >= 11 is 0. The zero-order valence-corrected chi connectivity index (χ0v) is 11.0. The summed E-state index contributed by atoms with van der Waals surface area (Å²) in [4.78, 5) is 0. The fraction of sp³-hybridized carbons (Fsp3) is 0.143. The Balaban J connectivity index is 0.00000144. The standard InChI is InChI=1S/C14H14O2.Pd/c1-11(15)12-6-5-9-14(10-12)16-13-7-3-2-4-8-13;/h2-11,15H,1H3;. The van der Waals surface area contributed by atoms with E-state index in [0.29, 0.717) is 0 Å². The van der Waals surface area contributed by atoms with Crippen LogP contribution in [0.3, 0.4) is 0 Å². The van der Waals surface area contributed by atoms with Crippen LogP contribution in [-0.2, 0) is 20.4 Å². The molecule has 0 aromatic heterocycles. The predicted molar refractivity (Wildman–Crippen MR) is 63.6 cm³/mol. The average Bonchev–Trinajstić information content (AvgIpc) is 2.30. The Hall–Kier alpha value is -1.14. The van der Waals surface area contributed by atoms with Crippen molar-refractivity contribution in [2.75, 3.05) is 0 Å². The van der Waals surface area contributed by atoms with Crippen LogP contribution in [0.1, 0.15) is 18.6 Å². The summed E-state index contributed by atoms with van der Waals surface area (Å²) in [7, 11) is 0. The summed E-state index contributed by atoms with van der Waals surface area (Å²) in [5.41, 5.74) is 0.855. The van der Waals surface area contributed by atoms with Crippen LogP contribution >= 0.6 is 0 Å². The Morgan fingerprint density at radius 1 is 0.941 bits per heavy atom. The van der Waals surface area contributed by atoms with E-state index < -0.39 is 6.10 Å². The van der Waals surface area contributed by atoms with E-state index in [0.717, 1.165) is 17.1 Å². The third kappa shape index (κ3) is 3.98. The van der Waals surface area contributed by atoms with Crippen LogP contribution in [0.4, 0.5) is 0 Å². The van der Waals surface area contributed by atoms with E-state index in [1.165, 1.54) is 0 Å². The first kappa shape index (κ1) is 13.9. The zero-order valence-electron chi connectivity index (χ0n) is 9.45. The Kier molecular flexibility index (Phi) is 5.38. The minimum absolute atomic E-state index is 0. The van der Waals surface area contributed by atoms with Crippen molar-refractivity contribution in [1.82, 2.24) is 0 Å². The molecular weight excluding hydrogens is 307 g/mol. The molecule has 1 unspecified atom stereocenters. The van der Waals surface area contributed by atoms with Gasteiger partial charge in [-0.1, -0.05) is 30.3 Å². The van der Waals surface area contributed by atoms with Crippen LogP contribution in [0.25, 0.3) is 0 Å². The summed E-state index contributed by atoms with van der Waals surface area (Å²) in [6.07, 6.45) is -0.473. The second-order valence-corrected chi connectivity index (χ2v) is 3.66. The summed E-state index contributed by atoms with van der Waals surface area (Å²) in [5, 5.41) is 9.46. The molecule has 0 fully saturated rings. The largest absolute Gasteiger partial charge is 0.457 e. The Morgan fingerprint density at radius 2 is 1.59 bits per heavy atom. The van der Waals surface area contributed by atoms with Gasteiger partial charge in [0.1, 0.15) is 11.5 Å². The first-order chi connectivity index (χ1) is 7.75. The molecule has 3 heteroatoms. The van der Waals surface area contributed by atoms with Crippen LogP contribution in [0, 0.1) is 0 Å². The predicted octanol–water partition coefficient (Wildman–Crippen LogP) is 3.53. The van der Waals surface area contributed by atoms with Gasteiger partial charge in [-0.25, -0.2) is 0 Å². The quantitative estimate of drug-likeness (QED) is 0.877. The number of para-hydroxylation sites is 1. The average molecular weight is 321 g/mol. The van der Waals surface area contributed by atoms with Crippen LogP contribution in [0.2, 0.25) is 0 Å². The summed E-state index contributed by atoms with van der Waals surface area (Å²) in [6.45, 7) is 1.74. The van der Waals surface area contributed by atoms with Crippen molar-refractivity contribution in [2.45, 2.75) is 13.0 Å². The van der Waals surface area contributed by atoms with E-state index in [1.54, 1.807) is 6.92 Å². The molecule has 2 aromatic carbocycles. The van der Waals surface area contributed by atoms with Gasteiger partial charge in [-0.05, 0) is 36.8 Å². The minimum Gasteiger partial charge on any atom is -0.457 e. The molecule has 1 atom stereocenters. The SMILES string of the molecule is CC(O)c1cccc(Oc2ccccc2)c1.[Pd]. The zero-order chi connectivity index (χ0) is 11.4. The third-order valence-electron chi connectivity index (χ3n) is 2.32. The van der Waals surface area contributed by atoms with Gasteiger partial charge in [0.15, 0.2) is 0 Å². The van der Waals surface area contributed by atoms with Crippen molar-refractivity contribution < 1.29 is 30.3 Å². The van der Waals surface area contributed by atoms with E-state index in [2.05, 4.69) is 0 Å². The fourth-order valence-corrected chi connectivity index (χ4v) is 1.46. The van der Waals surface area contributed by atoms with Crippen molar-refractivity contribution >= 4 is 0 Å². The van der Waals surface area contributed by atoms with Crippen molar-refractivity contribution in [1.29, 1.82) is 0 Å². The van der Waals surface area contributed by atoms with Gasteiger partial charge in [-0.15, -0.1) is 0 Å². The molecule has 2 rings (SSSR count). The minimum atomic E-state index is -0.473. The molecule has 0 bridgehead atoms. The van der Waals surface area contributed by atoms with Crippen LogP contribution in [0.5, 0.6) is 11.5 Å². The summed E-state index contributed by atoms with van der Waals surface area (Å²) in [5.74, 6) is 1.54. The molecule has 0 spiro atoms. The van der Waals surface area contributed by atoms with Crippen molar-refractivity contribution in [3.8, 4) is 11.5 Å². The van der Waals surface area contributed by atoms with E-state index in [4.69, 9.17) is 4.74 Å². The second-order valence-electron chi connectivity index (χ2n) is 3.66. The van der Waals surface area contributed by atoms with E-state index in [-0.39, 0.29) is 20.4 Å². The maximum absolute atomic E-state index is 9.46. The van der Waals surface area contributed by atoms with Gasteiger partial charge in [-0.3, -0.25) is 0 Å². The Morgan fingerprint density at radius 3 is 2.24 bits per heavy atom. The molecule has 0 aliphatic rings. The van der Waals surface area contributed by atoms with Gasteiger partial charge >= 0.3 is 0 Å². The number of aliphatic hydroxyl groups is 1. The topological polar surface area (TPSA) is 29.5 Å². The molecule has 0 aliphatic carbocycles. The molecule has 0 aliphatic heterocycles. The van der Waals surface area contributed by atoms with Crippen LogP contribution < -0.4 is 4.74 Å². The second kappa shape index (κ2) is 6.56. The molecule has 92 valence electrons. The molecule has 0 amide bonds. The van der Waals surface area contributed by atoms with Crippen LogP contribution in [-0.4, -0.2) is 5.11 Å². The molecule has 0 heterocycles. The Labute approximate surface area is 115 Å². The molecule has 2 nitrogen and oxygen atoms in total. The first-order valence-corrected chi connectivity index (χ1v) is 5.26. The molecule has 2 aromatic rings. The molecule has 0 saturated carbocycles. The molecule has 1 N–H and O–H groups in total. The van der Waals surface area contributed by atoms with Gasteiger partial charge in [0.05, 0.1) is 6.10 Å². The summed E-state index contributed by atoms with van der Waals surface area (Å²) in [6, 6.07) is 17.1. The maximum Gasteiger partial charge on any atom is 0.127 e. The van der Waals surface area contributed by atoms with Crippen molar-refractivity contribution in [3.05, 3.63) is 60.2 Å². The molecule has 17 heavy (non-hydrogen) atoms. The molecule has 0 radical (unpaired) electrons. The van der Waals surface area contributed by atoms with Gasteiger partial charge in [-0.2, -0.15) is 0 Å². The van der Waals surface area contributed by atoms with Gasteiger partial charge in [0, 0.05) is 20.4 Å². The Bertz CT molecular complexity index is 455. The third-order valence-corrected chi connectivity index (χ3v) is 2.32. The van der Waals surface area contributed by atoms with Gasteiger partial charge < -0.3 is 9.84 Å². The monoisotopic (exact) mass is 320 g/mol. The number of rotatable bonds is 3. The number of benzene rings is 2. The molecular formula is C14H14O2Pd. The van der Waals surface area contributed by atoms with E-state index >= 15 is 0 Å². The van der Waals surface area contributed by atoms with E-state index in [9.17, 15) is 5.11 Å².